The first-order valence-electron chi connectivity index (χ1n) is 8.05. The number of amides is 1. The summed E-state index contributed by atoms with van der Waals surface area (Å²) >= 11 is 3.35. The number of carbonyl (C=O) groups is 1. The molecule has 2 aliphatic heterocycles. The Balaban J connectivity index is 1.36. The molecule has 122 valence electrons. The van der Waals surface area contributed by atoms with Crippen LogP contribution >= 0.6 is 15.9 Å². The highest BCUT2D eigenvalue weighted by atomic mass is 79.9. The lowest BCUT2D eigenvalue weighted by Gasteiger charge is -2.47. The van der Waals surface area contributed by atoms with E-state index >= 15 is 0 Å². The molecular weight excluding hydrogens is 372 g/mol. The summed E-state index contributed by atoms with van der Waals surface area (Å²) in [7, 11) is 0. The van der Waals surface area contributed by atoms with Crippen molar-refractivity contribution in [2.24, 2.45) is 0 Å². The van der Waals surface area contributed by atoms with Crippen LogP contribution in [0.2, 0.25) is 0 Å². The number of aromatic nitrogens is 3. The normalized spacial score (nSPS) is 20.8. The van der Waals surface area contributed by atoms with Gasteiger partial charge in [-0.3, -0.25) is 9.78 Å². The smallest absolute Gasteiger partial charge is 0.255 e. The van der Waals surface area contributed by atoms with Gasteiger partial charge in [0.15, 0.2) is 0 Å². The van der Waals surface area contributed by atoms with Gasteiger partial charge in [0.1, 0.15) is 11.4 Å². The van der Waals surface area contributed by atoms with Crippen molar-refractivity contribution < 1.29 is 9.53 Å². The minimum atomic E-state index is -0.424. The molecule has 2 fully saturated rings. The van der Waals surface area contributed by atoms with Gasteiger partial charge in [0.2, 0.25) is 0 Å². The number of nitrogens with zero attached hydrogens (tertiary/aromatic N) is 4. The van der Waals surface area contributed by atoms with E-state index in [1.807, 2.05) is 6.20 Å². The highest BCUT2D eigenvalue weighted by Crippen LogP contribution is 2.44. The first kappa shape index (κ1) is 14.5. The quantitative estimate of drug-likeness (QED) is 0.792. The van der Waals surface area contributed by atoms with Gasteiger partial charge >= 0.3 is 0 Å². The fraction of sp³-hybridized carbons (Fsp3) is 0.412. The molecule has 24 heavy (non-hydrogen) atoms. The van der Waals surface area contributed by atoms with Gasteiger partial charge in [0, 0.05) is 34.5 Å². The van der Waals surface area contributed by atoms with Crippen LogP contribution in [0.3, 0.4) is 0 Å². The maximum Gasteiger partial charge on any atom is 0.255 e. The predicted octanol–water partition coefficient (Wildman–Crippen LogP) is 2.39. The number of pyridine rings is 1. The van der Waals surface area contributed by atoms with E-state index in [1.165, 1.54) is 12.8 Å². The van der Waals surface area contributed by atoms with Gasteiger partial charge < -0.3 is 9.64 Å². The number of likely N-dealkylation sites (tertiary alicyclic amines) is 1. The SMILES string of the molecule is O=C(c1cncc(Br)c1)N1CC2(C1)OCc1nc(C3CC3)ncc12. The average Bonchev–Trinajstić information content (AvgIpc) is 3.33. The van der Waals surface area contributed by atoms with Crippen LogP contribution in [0.25, 0.3) is 0 Å². The summed E-state index contributed by atoms with van der Waals surface area (Å²) in [6.07, 6.45) is 7.54. The highest BCUT2D eigenvalue weighted by Gasteiger charge is 2.52. The summed E-state index contributed by atoms with van der Waals surface area (Å²) in [5, 5.41) is 0. The standard InChI is InChI=1S/C17H15BrN4O2/c18-12-3-11(4-19-5-12)16(23)22-8-17(9-22)13-6-20-15(10-1-2-10)21-14(13)7-24-17/h3-6,10H,1-2,7-9H2. The molecule has 3 aliphatic rings. The van der Waals surface area contributed by atoms with E-state index in [2.05, 4.69) is 30.9 Å². The number of halogens is 1. The zero-order valence-electron chi connectivity index (χ0n) is 12.9. The molecule has 1 saturated heterocycles. The van der Waals surface area contributed by atoms with Crippen LogP contribution < -0.4 is 0 Å². The lowest BCUT2D eigenvalue weighted by Crippen LogP contribution is -2.61. The van der Waals surface area contributed by atoms with E-state index in [0.717, 1.165) is 21.6 Å². The van der Waals surface area contributed by atoms with E-state index < -0.39 is 5.60 Å². The van der Waals surface area contributed by atoms with Crippen molar-refractivity contribution in [1.29, 1.82) is 0 Å². The third kappa shape index (κ3) is 2.18. The van der Waals surface area contributed by atoms with E-state index in [-0.39, 0.29) is 5.91 Å². The summed E-state index contributed by atoms with van der Waals surface area (Å²) in [6.45, 7) is 1.59. The van der Waals surface area contributed by atoms with Gasteiger partial charge in [0.25, 0.3) is 5.91 Å². The van der Waals surface area contributed by atoms with E-state index in [4.69, 9.17) is 4.74 Å². The largest absolute Gasteiger partial charge is 0.360 e. The maximum atomic E-state index is 12.6. The molecule has 1 amide bonds. The first-order chi connectivity index (χ1) is 11.6. The van der Waals surface area contributed by atoms with Crippen LogP contribution in [0.15, 0.2) is 29.1 Å². The van der Waals surface area contributed by atoms with Crippen molar-refractivity contribution >= 4 is 21.8 Å². The Kier molecular flexibility index (Phi) is 3.06. The van der Waals surface area contributed by atoms with Gasteiger partial charge in [-0.2, -0.15) is 0 Å². The van der Waals surface area contributed by atoms with Crippen molar-refractivity contribution in [3.8, 4) is 0 Å². The molecule has 1 aliphatic carbocycles. The van der Waals surface area contributed by atoms with Gasteiger partial charge in [-0.15, -0.1) is 0 Å². The minimum absolute atomic E-state index is 0.0259. The Morgan fingerprint density at radius 1 is 1.29 bits per heavy atom. The third-order valence-electron chi connectivity index (χ3n) is 4.94. The molecule has 0 atom stereocenters. The van der Waals surface area contributed by atoms with E-state index in [9.17, 15) is 4.79 Å². The van der Waals surface area contributed by atoms with Crippen LogP contribution in [-0.4, -0.2) is 38.8 Å². The number of hydrogen-bond donors (Lipinski definition) is 0. The third-order valence-corrected chi connectivity index (χ3v) is 5.37. The Morgan fingerprint density at radius 3 is 2.88 bits per heavy atom. The summed E-state index contributed by atoms with van der Waals surface area (Å²) in [4.78, 5) is 27.6. The lowest BCUT2D eigenvalue weighted by molar-refractivity contribution is -0.126. The van der Waals surface area contributed by atoms with Gasteiger partial charge in [-0.05, 0) is 34.8 Å². The molecule has 1 spiro atoms. The van der Waals surface area contributed by atoms with E-state index in [1.54, 1.807) is 23.4 Å². The summed E-state index contributed by atoms with van der Waals surface area (Å²) in [5.74, 6) is 1.46. The molecular formula is C17H15BrN4O2. The molecule has 0 unspecified atom stereocenters. The van der Waals surface area contributed by atoms with Crippen molar-refractivity contribution in [2.75, 3.05) is 13.1 Å². The lowest BCUT2D eigenvalue weighted by atomic mass is 9.87. The molecule has 2 aromatic heterocycles. The second kappa shape index (κ2) is 5.07. The average molecular weight is 387 g/mol. The molecule has 4 heterocycles. The monoisotopic (exact) mass is 386 g/mol. The molecule has 0 N–H and O–H groups in total. The molecule has 6 nitrogen and oxygen atoms in total. The van der Waals surface area contributed by atoms with Crippen LogP contribution in [0.5, 0.6) is 0 Å². The molecule has 5 rings (SSSR count). The Hall–Kier alpha value is -1.86. The molecule has 0 aromatic carbocycles. The van der Waals surface area contributed by atoms with Crippen LogP contribution in [-0.2, 0) is 16.9 Å². The molecule has 2 aromatic rings. The Morgan fingerprint density at radius 2 is 2.12 bits per heavy atom. The van der Waals surface area contributed by atoms with Crippen LogP contribution in [0.1, 0.15) is 46.2 Å². The van der Waals surface area contributed by atoms with Crippen molar-refractivity contribution in [2.45, 2.75) is 31.0 Å². The topological polar surface area (TPSA) is 68.2 Å². The number of carbonyl (C=O) groups excluding carboxylic acids is 1. The molecule has 0 radical (unpaired) electrons. The highest BCUT2D eigenvalue weighted by molar-refractivity contribution is 9.10. The number of fused-ring (bicyclic) bond motifs is 2. The van der Waals surface area contributed by atoms with E-state index in [0.29, 0.717) is 31.2 Å². The fourth-order valence-corrected chi connectivity index (χ4v) is 3.80. The minimum Gasteiger partial charge on any atom is -0.360 e. The predicted molar refractivity (Wildman–Crippen MR) is 88.3 cm³/mol. The second-order valence-electron chi connectivity index (χ2n) is 6.70. The number of hydrogen-bond acceptors (Lipinski definition) is 5. The first-order valence-corrected chi connectivity index (χ1v) is 8.84. The van der Waals surface area contributed by atoms with Crippen molar-refractivity contribution in [3.63, 3.8) is 0 Å². The van der Waals surface area contributed by atoms with Crippen LogP contribution in [0.4, 0.5) is 0 Å². The fourth-order valence-electron chi connectivity index (χ4n) is 3.43. The molecule has 1 saturated carbocycles. The second-order valence-corrected chi connectivity index (χ2v) is 7.61. The summed E-state index contributed by atoms with van der Waals surface area (Å²) in [5.41, 5.74) is 2.19. The number of ether oxygens (including phenoxy) is 1. The van der Waals surface area contributed by atoms with Crippen LogP contribution in [0, 0.1) is 0 Å². The number of rotatable bonds is 2. The maximum absolute atomic E-state index is 12.6. The van der Waals surface area contributed by atoms with Gasteiger partial charge in [-0.1, -0.05) is 0 Å². The zero-order valence-corrected chi connectivity index (χ0v) is 14.5. The van der Waals surface area contributed by atoms with Gasteiger partial charge in [-0.25, -0.2) is 9.97 Å². The Bertz CT molecular complexity index is 846. The zero-order chi connectivity index (χ0) is 16.3. The Labute approximate surface area is 147 Å². The summed E-state index contributed by atoms with van der Waals surface area (Å²) < 4.78 is 6.82. The molecule has 0 bridgehead atoms. The van der Waals surface area contributed by atoms with Gasteiger partial charge in [0.05, 0.1) is 31.0 Å². The van der Waals surface area contributed by atoms with Crippen molar-refractivity contribution in [3.05, 3.63) is 51.8 Å². The molecule has 7 heteroatoms. The van der Waals surface area contributed by atoms with Crippen molar-refractivity contribution in [1.82, 2.24) is 19.9 Å². The summed E-state index contributed by atoms with van der Waals surface area (Å²) in [6, 6.07) is 1.79.